The smallest absolute Gasteiger partial charge is 0.249 e. The molecule has 3 heterocycles. The number of amides is 3. The van der Waals surface area contributed by atoms with Gasteiger partial charge in [0, 0.05) is 50.8 Å². The number of carbonyl (C=O) groups is 3. The van der Waals surface area contributed by atoms with Crippen molar-refractivity contribution in [1.29, 1.82) is 0 Å². The van der Waals surface area contributed by atoms with Gasteiger partial charge in [-0.25, -0.2) is 13.8 Å². The Bertz CT molecular complexity index is 1600. The van der Waals surface area contributed by atoms with Crippen LogP contribution in [-0.2, 0) is 27.2 Å². The van der Waals surface area contributed by atoms with Gasteiger partial charge in [-0.3, -0.25) is 14.4 Å². The van der Waals surface area contributed by atoms with Gasteiger partial charge in [-0.1, -0.05) is 56.7 Å². The Balaban J connectivity index is 1.41. The molecule has 2 fully saturated rings. The van der Waals surface area contributed by atoms with Gasteiger partial charge in [0.25, 0.3) is 0 Å². The van der Waals surface area contributed by atoms with Crippen LogP contribution in [0, 0.1) is 17.6 Å². The minimum Gasteiger partial charge on any atom is -0.473 e. The fourth-order valence-corrected chi connectivity index (χ4v) is 7.26. The number of aromatic nitrogens is 1. The van der Waals surface area contributed by atoms with Crippen molar-refractivity contribution in [3.8, 4) is 5.88 Å². The van der Waals surface area contributed by atoms with Crippen molar-refractivity contribution in [3.63, 3.8) is 0 Å². The van der Waals surface area contributed by atoms with E-state index in [0.717, 1.165) is 11.6 Å². The lowest BCUT2D eigenvalue weighted by molar-refractivity contribution is -0.144. The fourth-order valence-electron chi connectivity index (χ4n) is 7.26. The van der Waals surface area contributed by atoms with Crippen molar-refractivity contribution in [2.45, 2.75) is 95.2 Å². The third-order valence-electron chi connectivity index (χ3n) is 10.1. The zero-order valence-corrected chi connectivity index (χ0v) is 28.8. The highest BCUT2D eigenvalue weighted by atomic mass is 19.1. The fraction of sp³-hybridized carbons (Fsp3) is 0.474. The van der Waals surface area contributed by atoms with Gasteiger partial charge in [0.1, 0.15) is 29.3 Å². The molecule has 5 rings (SSSR count). The lowest BCUT2D eigenvalue weighted by Gasteiger charge is -2.36. The highest BCUT2D eigenvalue weighted by Gasteiger charge is 2.53. The Kier molecular flexibility index (Phi) is 12.2. The number of hydrogen-bond acceptors (Lipinski definition) is 7. The van der Waals surface area contributed by atoms with Crippen LogP contribution < -0.4 is 20.7 Å². The number of likely N-dealkylation sites (tertiary alicyclic amines) is 1. The SMILES string of the molecule is CC[C@@H](C)[C@@]1(NC(C)=O)CCN([C@@H](CCc2ccccc2)C(=O)N[C@@H](Cc2cc(F)cc(F)c2)[C@@H](O)[C@H]2C[C@H](Oc3ccccn3)CN2)C1=O. The first kappa shape index (κ1) is 36.9. The molecule has 0 saturated carbocycles. The molecule has 0 radical (unpaired) electrons. The number of nitrogens with one attached hydrogen (secondary N) is 3. The average molecular weight is 692 g/mol. The maximum Gasteiger partial charge on any atom is 0.249 e. The molecule has 3 aromatic rings. The number of pyridine rings is 1. The minimum atomic E-state index is -1.19. The summed E-state index contributed by atoms with van der Waals surface area (Å²) in [7, 11) is 0. The lowest BCUT2D eigenvalue weighted by Crippen LogP contribution is -2.61. The molecular formula is C38H47F2N5O5. The number of aryl methyl sites for hydroxylation is 1. The molecule has 268 valence electrons. The predicted octanol–water partition coefficient (Wildman–Crippen LogP) is 3.71. The second-order valence-electron chi connectivity index (χ2n) is 13.5. The van der Waals surface area contributed by atoms with Crippen LogP contribution >= 0.6 is 0 Å². The predicted molar refractivity (Wildman–Crippen MR) is 184 cm³/mol. The molecule has 3 amide bonds. The summed E-state index contributed by atoms with van der Waals surface area (Å²) in [6, 6.07) is 15.6. The van der Waals surface area contributed by atoms with Crippen LogP contribution in [0.2, 0.25) is 0 Å². The van der Waals surface area contributed by atoms with E-state index in [1.165, 1.54) is 24.0 Å². The minimum absolute atomic E-state index is 0.0758. The number of nitrogens with zero attached hydrogens (tertiary/aromatic N) is 2. The van der Waals surface area contributed by atoms with Crippen LogP contribution in [0.3, 0.4) is 0 Å². The number of carbonyl (C=O) groups excluding carboxylic acids is 3. The summed E-state index contributed by atoms with van der Waals surface area (Å²) in [4.78, 5) is 46.8. The van der Waals surface area contributed by atoms with E-state index in [0.29, 0.717) is 38.1 Å². The second-order valence-corrected chi connectivity index (χ2v) is 13.5. The Labute approximate surface area is 292 Å². The van der Waals surface area contributed by atoms with Gasteiger partial charge in [0.05, 0.1) is 12.1 Å². The summed E-state index contributed by atoms with van der Waals surface area (Å²) in [6.45, 7) is 5.91. The van der Waals surface area contributed by atoms with Crippen molar-refractivity contribution in [1.82, 2.24) is 25.8 Å². The largest absolute Gasteiger partial charge is 0.473 e. The van der Waals surface area contributed by atoms with Crippen molar-refractivity contribution in [2.24, 2.45) is 5.92 Å². The highest BCUT2D eigenvalue weighted by molar-refractivity contribution is 5.96. The quantitative estimate of drug-likeness (QED) is 0.191. The number of benzene rings is 2. The molecular weight excluding hydrogens is 644 g/mol. The van der Waals surface area contributed by atoms with E-state index < -0.39 is 47.3 Å². The first-order chi connectivity index (χ1) is 24.0. The zero-order valence-electron chi connectivity index (χ0n) is 28.8. The molecule has 2 aliphatic rings. The topological polar surface area (TPSA) is 133 Å². The van der Waals surface area contributed by atoms with E-state index in [4.69, 9.17) is 4.74 Å². The molecule has 4 N–H and O–H groups in total. The number of hydrogen-bond donors (Lipinski definition) is 4. The third kappa shape index (κ3) is 8.83. The first-order valence-electron chi connectivity index (χ1n) is 17.4. The van der Waals surface area contributed by atoms with Gasteiger partial charge in [-0.2, -0.15) is 0 Å². The van der Waals surface area contributed by atoms with E-state index >= 15 is 0 Å². The van der Waals surface area contributed by atoms with Gasteiger partial charge >= 0.3 is 0 Å². The summed E-state index contributed by atoms with van der Waals surface area (Å²) >= 11 is 0. The number of aliphatic hydroxyl groups excluding tert-OH is 1. The summed E-state index contributed by atoms with van der Waals surface area (Å²) < 4.78 is 34.6. The number of aliphatic hydroxyl groups is 1. The Hall–Kier alpha value is -4.42. The molecule has 10 nitrogen and oxygen atoms in total. The molecule has 0 aliphatic carbocycles. The van der Waals surface area contributed by atoms with Crippen molar-refractivity contribution in [2.75, 3.05) is 13.1 Å². The van der Waals surface area contributed by atoms with E-state index in [-0.39, 0.29) is 48.8 Å². The molecule has 2 aromatic carbocycles. The van der Waals surface area contributed by atoms with Crippen molar-refractivity contribution in [3.05, 3.63) is 95.7 Å². The zero-order chi connectivity index (χ0) is 35.8. The van der Waals surface area contributed by atoms with Gasteiger partial charge < -0.3 is 30.7 Å². The van der Waals surface area contributed by atoms with Crippen molar-refractivity contribution >= 4 is 17.7 Å². The van der Waals surface area contributed by atoms with E-state index in [2.05, 4.69) is 20.9 Å². The molecule has 0 bridgehead atoms. The summed E-state index contributed by atoms with van der Waals surface area (Å²) in [5, 5.41) is 20.9. The molecule has 2 saturated heterocycles. The van der Waals surface area contributed by atoms with Crippen LogP contribution in [0.15, 0.2) is 72.9 Å². The monoisotopic (exact) mass is 691 g/mol. The lowest BCUT2D eigenvalue weighted by atomic mass is 9.81. The molecule has 50 heavy (non-hydrogen) atoms. The number of ether oxygens (including phenoxy) is 1. The van der Waals surface area contributed by atoms with E-state index in [1.807, 2.05) is 50.2 Å². The second kappa shape index (κ2) is 16.5. The summed E-state index contributed by atoms with van der Waals surface area (Å²) in [5.41, 5.74) is 0.0823. The Morgan fingerprint density at radius 2 is 1.82 bits per heavy atom. The standard InChI is InChI=1S/C38H47F2N5O5/c1-4-24(2)38(44-25(3)46)15-17-45(37(38)49)33(14-13-26-10-6-5-7-11-26)36(48)43-32(20-27-18-28(39)21-29(40)19-27)35(47)31-22-30(23-42-31)50-34-12-8-9-16-41-34/h5-12,16,18-19,21,24,30-33,35,42,47H,4,13-15,17,20,22-23H2,1-3H3,(H,43,48)(H,44,46)/t24-,30+,31-,32+,33+,35+,38+/m1/s1. The number of rotatable bonds is 15. The molecule has 0 spiro atoms. The van der Waals surface area contributed by atoms with Gasteiger partial charge in [-0.05, 0) is 60.9 Å². The highest BCUT2D eigenvalue weighted by Crippen LogP contribution is 2.35. The first-order valence-corrected chi connectivity index (χ1v) is 17.4. The molecule has 12 heteroatoms. The normalized spacial score (nSPS) is 22.8. The van der Waals surface area contributed by atoms with E-state index in [9.17, 15) is 28.3 Å². The van der Waals surface area contributed by atoms with Gasteiger partial charge in [0.2, 0.25) is 23.6 Å². The van der Waals surface area contributed by atoms with Crippen LogP contribution in [0.4, 0.5) is 8.78 Å². The average Bonchev–Trinajstić information content (AvgIpc) is 3.68. The molecule has 2 aliphatic heterocycles. The van der Waals surface area contributed by atoms with Crippen molar-refractivity contribution < 1.29 is 33.0 Å². The third-order valence-corrected chi connectivity index (χ3v) is 10.1. The van der Waals surface area contributed by atoms with Crippen LogP contribution in [0.5, 0.6) is 5.88 Å². The molecule has 7 atom stereocenters. The maximum atomic E-state index is 14.4. The summed E-state index contributed by atoms with van der Waals surface area (Å²) in [6.07, 6.45) is 2.17. The van der Waals surface area contributed by atoms with Crippen LogP contribution in [0.25, 0.3) is 0 Å². The molecule has 0 unspecified atom stereocenters. The summed E-state index contributed by atoms with van der Waals surface area (Å²) in [5.74, 6) is -2.45. The maximum absolute atomic E-state index is 14.4. The van der Waals surface area contributed by atoms with Gasteiger partial charge in [0.15, 0.2) is 0 Å². The number of halogens is 2. The Morgan fingerprint density at radius 1 is 1.10 bits per heavy atom. The van der Waals surface area contributed by atoms with Crippen LogP contribution in [0.1, 0.15) is 57.6 Å². The van der Waals surface area contributed by atoms with Gasteiger partial charge in [-0.15, -0.1) is 0 Å². The molecule has 1 aromatic heterocycles. The Morgan fingerprint density at radius 3 is 2.48 bits per heavy atom. The van der Waals surface area contributed by atoms with E-state index in [1.54, 1.807) is 18.3 Å². The van der Waals surface area contributed by atoms with Crippen LogP contribution in [-0.4, -0.2) is 81.7 Å².